The van der Waals surface area contributed by atoms with E-state index >= 15 is 0 Å². The Bertz CT molecular complexity index is 659. The van der Waals surface area contributed by atoms with Crippen molar-refractivity contribution in [3.8, 4) is 16.8 Å². The normalized spacial score (nSPS) is 10.5. The summed E-state index contributed by atoms with van der Waals surface area (Å²) in [5.74, 6) is 0. The van der Waals surface area contributed by atoms with Gasteiger partial charge in [0.1, 0.15) is 0 Å². The van der Waals surface area contributed by atoms with Crippen LogP contribution in [0.5, 0.6) is 0 Å². The van der Waals surface area contributed by atoms with Gasteiger partial charge in [-0.05, 0) is 18.2 Å². The summed E-state index contributed by atoms with van der Waals surface area (Å²) in [6, 6.07) is 17.8. The number of rotatable bonds is 2. The number of halogens is 1. The van der Waals surface area contributed by atoms with Crippen LogP contribution in [-0.2, 0) is 0 Å². The summed E-state index contributed by atoms with van der Waals surface area (Å²) < 4.78 is 1.85. The number of aromatic nitrogens is 2. The fourth-order valence-electron chi connectivity index (χ4n) is 1.88. The number of nitrogens with zero attached hydrogens (tertiary/aromatic N) is 2. The van der Waals surface area contributed by atoms with Gasteiger partial charge in [-0.3, -0.25) is 0 Å². The molecular weight excluding hydrogens is 244 g/mol. The molecule has 1 aromatic heterocycles. The summed E-state index contributed by atoms with van der Waals surface area (Å²) in [4.78, 5) is 0. The third-order valence-corrected chi connectivity index (χ3v) is 3.12. The van der Waals surface area contributed by atoms with Crippen molar-refractivity contribution in [3.63, 3.8) is 0 Å². The van der Waals surface area contributed by atoms with Crippen LogP contribution in [0.4, 0.5) is 0 Å². The molecule has 0 N–H and O–H groups in total. The maximum absolute atomic E-state index is 6.18. The van der Waals surface area contributed by atoms with Gasteiger partial charge in [-0.2, -0.15) is 5.10 Å². The first-order valence-electron chi connectivity index (χ1n) is 5.69. The van der Waals surface area contributed by atoms with Gasteiger partial charge in [0.25, 0.3) is 0 Å². The zero-order chi connectivity index (χ0) is 12.4. The van der Waals surface area contributed by atoms with Gasteiger partial charge in [0.15, 0.2) is 0 Å². The van der Waals surface area contributed by atoms with Crippen LogP contribution in [0.3, 0.4) is 0 Å². The number of hydrogen-bond acceptors (Lipinski definition) is 1. The first-order valence-corrected chi connectivity index (χ1v) is 6.07. The van der Waals surface area contributed by atoms with E-state index in [9.17, 15) is 0 Å². The molecule has 0 amide bonds. The highest BCUT2D eigenvalue weighted by Gasteiger charge is 2.05. The van der Waals surface area contributed by atoms with Gasteiger partial charge < -0.3 is 0 Å². The lowest BCUT2D eigenvalue weighted by molar-refractivity contribution is 0.881. The van der Waals surface area contributed by atoms with Crippen LogP contribution < -0.4 is 0 Å². The fourth-order valence-corrected chi connectivity index (χ4v) is 2.12. The number of hydrogen-bond donors (Lipinski definition) is 0. The Morgan fingerprint density at radius 3 is 2.39 bits per heavy atom. The Labute approximate surface area is 110 Å². The minimum Gasteiger partial charge on any atom is -0.240 e. The molecule has 18 heavy (non-hydrogen) atoms. The van der Waals surface area contributed by atoms with Crippen molar-refractivity contribution >= 4 is 11.6 Å². The molecule has 0 atom stereocenters. The average Bonchev–Trinajstić information content (AvgIpc) is 2.90. The Kier molecular flexibility index (Phi) is 2.87. The van der Waals surface area contributed by atoms with E-state index in [-0.39, 0.29) is 0 Å². The van der Waals surface area contributed by atoms with Crippen LogP contribution in [0.1, 0.15) is 0 Å². The van der Waals surface area contributed by atoms with Crippen LogP contribution in [0.25, 0.3) is 16.8 Å². The van der Waals surface area contributed by atoms with E-state index in [1.807, 2.05) is 71.7 Å². The Hall–Kier alpha value is -2.06. The molecule has 0 aliphatic rings. The third-order valence-electron chi connectivity index (χ3n) is 2.79. The molecule has 88 valence electrons. The first kappa shape index (κ1) is 11.1. The summed E-state index contributed by atoms with van der Waals surface area (Å²) >= 11 is 6.18. The minimum atomic E-state index is 0.741. The monoisotopic (exact) mass is 254 g/mol. The van der Waals surface area contributed by atoms with Crippen molar-refractivity contribution in [2.45, 2.75) is 0 Å². The molecule has 2 nitrogen and oxygen atoms in total. The largest absolute Gasteiger partial charge is 0.240 e. The van der Waals surface area contributed by atoms with Crippen molar-refractivity contribution < 1.29 is 0 Å². The van der Waals surface area contributed by atoms with Crippen molar-refractivity contribution in [1.29, 1.82) is 0 Å². The minimum absolute atomic E-state index is 0.741. The van der Waals surface area contributed by atoms with Gasteiger partial charge in [0, 0.05) is 22.3 Å². The third kappa shape index (κ3) is 2.03. The molecule has 0 fully saturated rings. The summed E-state index contributed by atoms with van der Waals surface area (Å²) in [7, 11) is 0. The molecule has 0 aliphatic heterocycles. The smallest absolute Gasteiger partial charge is 0.0645 e. The van der Waals surface area contributed by atoms with E-state index in [0.29, 0.717) is 0 Å². The highest BCUT2D eigenvalue weighted by molar-refractivity contribution is 6.33. The molecular formula is C15H11ClN2. The second-order valence-corrected chi connectivity index (χ2v) is 4.40. The van der Waals surface area contributed by atoms with Crippen LogP contribution in [0.2, 0.25) is 5.02 Å². The van der Waals surface area contributed by atoms with E-state index in [4.69, 9.17) is 11.6 Å². The standard InChI is InChI=1S/C15H11ClN2/c16-15-9-5-4-8-14(15)12-10-17-18(11-12)13-6-2-1-3-7-13/h1-11H. The number of benzene rings is 2. The molecule has 0 aliphatic carbocycles. The van der Waals surface area contributed by atoms with E-state index < -0.39 is 0 Å². The lowest BCUT2D eigenvalue weighted by atomic mass is 10.1. The van der Waals surface area contributed by atoms with Crippen molar-refractivity contribution in [3.05, 3.63) is 72.0 Å². The van der Waals surface area contributed by atoms with Gasteiger partial charge in [0.2, 0.25) is 0 Å². The number of para-hydroxylation sites is 1. The summed E-state index contributed by atoms with van der Waals surface area (Å²) in [6.07, 6.45) is 3.81. The Morgan fingerprint density at radius 2 is 1.61 bits per heavy atom. The molecule has 0 unspecified atom stereocenters. The van der Waals surface area contributed by atoms with Gasteiger partial charge in [0.05, 0.1) is 11.9 Å². The van der Waals surface area contributed by atoms with Crippen LogP contribution in [-0.4, -0.2) is 9.78 Å². The Balaban J connectivity index is 2.03. The van der Waals surface area contributed by atoms with E-state index in [1.165, 1.54) is 0 Å². The zero-order valence-electron chi connectivity index (χ0n) is 9.62. The quantitative estimate of drug-likeness (QED) is 0.670. The van der Waals surface area contributed by atoms with Crippen LogP contribution in [0.15, 0.2) is 67.0 Å². The van der Waals surface area contributed by atoms with Gasteiger partial charge in [-0.15, -0.1) is 0 Å². The lowest BCUT2D eigenvalue weighted by Crippen LogP contribution is -1.92. The SMILES string of the molecule is Clc1ccccc1-c1cnn(-c2ccccc2)c1. The topological polar surface area (TPSA) is 17.8 Å². The van der Waals surface area contributed by atoms with Crippen molar-refractivity contribution in [2.24, 2.45) is 0 Å². The zero-order valence-corrected chi connectivity index (χ0v) is 10.4. The second kappa shape index (κ2) is 4.67. The van der Waals surface area contributed by atoms with Gasteiger partial charge >= 0.3 is 0 Å². The molecule has 0 bridgehead atoms. The molecule has 0 saturated carbocycles. The predicted molar refractivity (Wildman–Crippen MR) is 74.0 cm³/mol. The molecule has 3 rings (SSSR count). The molecule has 3 aromatic rings. The predicted octanol–water partition coefficient (Wildman–Crippen LogP) is 4.19. The van der Waals surface area contributed by atoms with Gasteiger partial charge in [-0.1, -0.05) is 48.0 Å². The van der Waals surface area contributed by atoms with E-state index in [1.54, 1.807) is 0 Å². The molecule has 0 radical (unpaired) electrons. The lowest BCUT2D eigenvalue weighted by Gasteiger charge is -2.01. The second-order valence-electron chi connectivity index (χ2n) is 3.99. The first-order chi connectivity index (χ1) is 8.84. The highest BCUT2D eigenvalue weighted by atomic mass is 35.5. The average molecular weight is 255 g/mol. The molecule has 2 aromatic carbocycles. The van der Waals surface area contributed by atoms with Crippen molar-refractivity contribution in [1.82, 2.24) is 9.78 Å². The van der Waals surface area contributed by atoms with Crippen LogP contribution in [0, 0.1) is 0 Å². The van der Waals surface area contributed by atoms with Crippen LogP contribution >= 0.6 is 11.6 Å². The molecule has 0 spiro atoms. The summed E-state index contributed by atoms with van der Waals surface area (Å²) in [6.45, 7) is 0. The maximum atomic E-state index is 6.18. The maximum Gasteiger partial charge on any atom is 0.0645 e. The summed E-state index contributed by atoms with van der Waals surface area (Å²) in [5, 5.41) is 5.10. The molecule has 3 heteroatoms. The Morgan fingerprint density at radius 1 is 0.889 bits per heavy atom. The fraction of sp³-hybridized carbons (Fsp3) is 0. The van der Waals surface area contributed by atoms with Crippen molar-refractivity contribution in [2.75, 3.05) is 0 Å². The highest BCUT2D eigenvalue weighted by Crippen LogP contribution is 2.27. The van der Waals surface area contributed by atoms with E-state index in [2.05, 4.69) is 5.10 Å². The molecule has 1 heterocycles. The van der Waals surface area contributed by atoms with Gasteiger partial charge in [-0.25, -0.2) is 4.68 Å². The summed E-state index contributed by atoms with van der Waals surface area (Å²) in [5.41, 5.74) is 3.06. The molecule has 0 saturated heterocycles. The van der Waals surface area contributed by atoms with E-state index in [0.717, 1.165) is 21.8 Å².